The molecule has 0 aliphatic rings. The summed E-state index contributed by atoms with van der Waals surface area (Å²) in [5.41, 5.74) is 12.9. The first-order chi connectivity index (χ1) is 9.63. The fourth-order valence-electron chi connectivity index (χ4n) is 1.82. The Morgan fingerprint density at radius 3 is 2.45 bits per heavy atom. The molecule has 6 heteroatoms. The predicted octanol–water partition coefficient (Wildman–Crippen LogP) is 1.68. The van der Waals surface area contributed by atoms with Crippen molar-refractivity contribution in [1.82, 2.24) is 9.97 Å². The standard InChI is InChI=1S/C14H19N5O/c1-3-19(14-17-8-12(15)13(16)18-14)9-10-4-6-11(20-2)7-5-10/h4-8H,3,9,15H2,1-2H3,(H2,16,17,18). The van der Waals surface area contributed by atoms with Gasteiger partial charge in [-0.1, -0.05) is 12.1 Å². The minimum absolute atomic E-state index is 0.309. The Labute approximate surface area is 118 Å². The summed E-state index contributed by atoms with van der Waals surface area (Å²) in [4.78, 5) is 10.5. The summed E-state index contributed by atoms with van der Waals surface area (Å²) >= 11 is 0. The summed E-state index contributed by atoms with van der Waals surface area (Å²) in [5.74, 6) is 1.72. The lowest BCUT2D eigenvalue weighted by atomic mass is 10.2. The van der Waals surface area contributed by atoms with E-state index < -0.39 is 0 Å². The van der Waals surface area contributed by atoms with Gasteiger partial charge in [0.1, 0.15) is 5.75 Å². The van der Waals surface area contributed by atoms with Gasteiger partial charge in [0.25, 0.3) is 0 Å². The zero-order valence-corrected chi connectivity index (χ0v) is 11.7. The van der Waals surface area contributed by atoms with E-state index in [-0.39, 0.29) is 0 Å². The van der Waals surface area contributed by atoms with Crippen molar-refractivity contribution in [3.05, 3.63) is 36.0 Å². The first kappa shape index (κ1) is 13.9. The predicted molar refractivity (Wildman–Crippen MR) is 80.6 cm³/mol. The summed E-state index contributed by atoms with van der Waals surface area (Å²) in [6.07, 6.45) is 1.54. The van der Waals surface area contributed by atoms with Gasteiger partial charge in [-0.25, -0.2) is 4.98 Å². The molecular formula is C14H19N5O. The molecule has 106 valence electrons. The number of nitrogens with two attached hydrogens (primary N) is 2. The number of hydrogen-bond acceptors (Lipinski definition) is 6. The number of nitrogen functional groups attached to an aromatic ring is 2. The maximum atomic E-state index is 5.73. The van der Waals surface area contributed by atoms with Crippen molar-refractivity contribution in [1.29, 1.82) is 0 Å². The first-order valence-corrected chi connectivity index (χ1v) is 6.40. The highest BCUT2D eigenvalue weighted by Gasteiger charge is 2.10. The van der Waals surface area contributed by atoms with Gasteiger partial charge < -0.3 is 21.1 Å². The van der Waals surface area contributed by atoms with Crippen LogP contribution in [0.2, 0.25) is 0 Å². The van der Waals surface area contributed by atoms with Gasteiger partial charge in [0.15, 0.2) is 5.82 Å². The summed E-state index contributed by atoms with van der Waals surface area (Å²) in [6, 6.07) is 7.90. The highest BCUT2D eigenvalue weighted by Crippen LogP contribution is 2.18. The van der Waals surface area contributed by atoms with E-state index in [1.54, 1.807) is 7.11 Å². The normalized spacial score (nSPS) is 10.3. The lowest BCUT2D eigenvalue weighted by Gasteiger charge is -2.21. The van der Waals surface area contributed by atoms with Crippen LogP contribution in [-0.2, 0) is 6.54 Å². The molecule has 0 radical (unpaired) electrons. The molecule has 6 nitrogen and oxygen atoms in total. The number of nitrogens with zero attached hydrogens (tertiary/aromatic N) is 3. The van der Waals surface area contributed by atoms with Gasteiger partial charge in [-0.05, 0) is 24.6 Å². The van der Waals surface area contributed by atoms with E-state index in [1.807, 2.05) is 36.1 Å². The van der Waals surface area contributed by atoms with Crippen molar-refractivity contribution in [2.75, 3.05) is 30.0 Å². The Morgan fingerprint density at radius 2 is 1.90 bits per heavy atom. The maximum absolute atomic E-state index is 5.73. The number of benzene rings is 1. The van der Waals surface area contributed by atoms with Crippen molar-refractivity contribution in [2.24, 2.45) is 0 Å². The molecule has 0 spiro atoms. The number of aromatic nitrogens is 2. The molecule has 1 aromatic carbocycles. The number of anilines is 3. The van der Waals surface area contributed by atoms with E-state index in [9.17, 15) is 0 Å². The number of rotatable bonds is 5. The van der Waals surface area contributed by atoms with Crippen molar-refractivity contribution in [3.63, 3.8) is 0 Å². The topological polar surface area (TPSA) is 90.3 Å². The molecule has 0 unspecified atom stereocenters. The molecule has 0 amide bonds. The van der Waals surface area contributed by atoms with Gasteiger partial charge in [-0.15, -0.1) is 0 Å². The first-order valence-electron chi connectivity index (χ1n) is 6.40. The Bertz CT molecular complexity index is 570. The monoisotopic (exact) mass is 273 g/mol. The zero-order valence-electron chi connectivity index (χ0n) is 11.7. The molecule has 4 N–H and O–H groups in total. The van der Waals surface area contributed by atoms with Crippen LogP contribution in [0.25, 0.3) is 0 Å². The molecule has 2 aromatic rings. The van der Waals surface area contributed by atoms with Crippen molar-refractivity contribution < 1.29 is 4.74 Å². The minimum Gasteiger partial charge on any atom is -0.497 e. The number of methoxy groups -OCH3 is 1. The Kier molecular flexibility index (Phi) is 4.24. The molecule has 0 aliphatic carbocycles. The highest BCUT2D eigenvalue weighted by molar-refractivity contribution is 5.58. The van der Waals surface area contributed by atoms with E-state index in [2.05, 4.69) is 9.97 Å². The van der Waals surface area contributed by atoms with E-state index in [0.717, 1.165) is 17.9 Å². The summed E-state index contributed by atoms with van der Waals surface area (Å²) in [6.45, 7) is 3.51. The van der Waals surface area contributed by atoms with E-state index in [4.69, 9.17) is 16.2 Å². The van der Waals surface area contributed by atoms with Crippen molar-refractivity contribution >= 4 is 17.5 Å². The second-order valence-corrected chi connectivity index (χ2v) is 4.37. The van der Waals surface area contributed by atoms with Crippen molar-refractivity contribution in [3.8, 4) is 5.75 Å². The maximum Gasteiger partial charge on any atom is 0.227 e. The number of ether oxygens (including phenoxy) is 1. The summed E-state index contributed by atoms with van der Waals surface area (Å²) in [5, 5.41) is 0. The Hall–Kier alpha value is -2.50. The molecule has 1 aromatic heterocycles. The molecule has 2 rings (SSSR count). The van der Waals surface area contributed by atoms with Crippen LogP contribution in [0.5, 0.6) is 5.75 Å². The van der Waals surface area contributed by atoms with Crippen molar-refractivity contribution in [2.45, 2.75) is 13.5 Å². The summed E-state index contributed by atoms with van der Waals surface area (Å²) in [7, 11) is 1.65. The minimum atomic E-state index is 0.309. The smallest absolute Gasteiger partial charge is 0.227 e. The average Bonchev–Trinajstić information content (AvgIpc) is 2.48. The van der Waals surface area contributed by atoms with E-state index in [0.29, 0.717) is 24.0 Å². The van der Waals surface area contributed by atoms with Crippen LogP contribution in [0.3, 0.4) is 0 Å². The Balaban J connectivity index is 2.16. The van der Waals surface area contributed by atoms with Gasteiger partial charge in [0.05, 0.1) is 19.0 Å². The van der Waals surface area contributed by atoms with Crippen LogP contribution < -0.4 is 21.1 Å². The van der Waals surface area contributed by atoms with E-state index >= 15 is 0 Å². The molecule has 0 bridgehead atoms. The van der Waals surface area contributed by atoms with Crippen LogP contribution >= 0.6 is 0 Å². The average molecular weight is 273 g/mol. The molecule has 0 saturated carbocycles. The van der Waals surface area contributed by atoms with Gasteiger partial charge in [0, 0.05) is 13.1 Å². The lowest BCUT2D eigenvalue weighted by molar-refractivity contribution is 0.414. The van der Waals surface area contributed by atoms with Crippen LogP contribution in [0.1, 0.15) is 12.5 Å². The molecule has 0 saturated heterocycles. The number of hydrogen-bond donors (Lipinski definition) is 2. The fraction of sp³-hybridized carbons (Fsp3) is 0.286. The van der Waals surface area contributed by atoms with Crippen LogP contribution in [-0.4, -0.2) is 23.6 Å². The molecular weight excluding hydrogens is 254 g/mol. The van der Waals surface area contributed by atoms with Crippen LogP contribution in [0, 0.1) is 0 Å². The molecule has 20 heavy (non-hydrogen) atoms. The highest BCUT2D eigenvalue weighted by atomic mass is 16.5. The third-order valence-electron chi connectivity index (χ3n) is 3.03. The largest absolute Gasteiger partial charge is 0.497 e. The third-order valence-corrected chi connectivity index (χ3v) is 3.03. The zero-order chi connectivity index (χ0) is 14.5. The summed E-state index contributed by atoms with van der Waals surface area (Å²) < 4.78 is 5.15. The van der Waals surface area contributed by atoms with E-state index in [1.165, 1.54) is 6.20 Å². The fourth-order valence-corrected chi connectivity index (χ4v) is 1.82. The Morgan fingerprint density at radius 1 is 1.20 bits per heavy atom. The van der Waals surface area contributed by atoms with Gasteiger partial charge in [0.2, 0.25) is 5.95 Å². The third kappa shape index (κ3) is 3.09. The quantitative estimate of drug-likeness (QED) is 0.861. The van der Waals surface area contributed by atoms with Crippen LogP contribution in [0.15, 0.2) is 30.5 Å². The second-order valence-electron chi connectivity index (χ2n) is 4.37. The lowest BCUT2D eigenvalue weighted by Crippen LogP contribution is -2.24. The van der Waals surface area contributed by atoms with Crippen LogP contribution in [0.4, 0.5) is 17.5 Å². The SMILES string of the molecule is CCN(Cc1ccc(OC)cc1)c1ncc(N)c(N)n1. The molecule has 1 heterocycles. The second kappa shape index (κ2) is 6.10. The molecule has 0 fully saturated rings. The van der Waals surface area contributed by atoms with Gasteiger partial charge in [-0.2, -0.15) is 4.98 Å². The van der Waals surface area contributed by atoms with Gasteiger partial charge in [-0.3, -0.25) is 0 Å². The van der Waals surface area contributed by atoms with Gasteiger partial charge >= 0.3 is 0 Å². The molecule has 0 aliphatic heterocycles. The molecule has 0 atom stereocenters.